The number of anilines is 1. The maximum absolute atomic E-state index is 13.1. The van der Waals surface area contributed by atoms with Crippen LogP contribution in [0.25, 0.3) is 11.4 Å². The fourth-order valence-corrected chi connectivity index (χ4v) is 5.69. The predicted molar refractivity (Wildman–Crippen MR) is 158 cm³/mol. The van der Waals surface area contributed by atoms with Crippen LogP contribution in [0.2, 0.25) is 0 Å². The molecule has 8 heteroatoms. The Morgan fingerprint density at radius 3 is 2.25 bits per heavy atom. The summed E-state index contributed by atoms with van der Waals surface area (Å²) in [5, 5.41) is 8.16. The Labute approximate surface area is 236 Å². The zero-order valence-corrected chi connectivity index (χ0v) is 24.1. The van der Waals surface area contributed by atoms with Crippen molar-refractivity contribution >= 4 is 11.7 Å². The molecule has 0 spiro atoms. The summed E-state index contributed by atoms with van der Waals surface area (Å²) in [5.74, 6) is 2.61. The first-order chi connectivity index (χ1) is 19.4. The van der Waals surface area contributed by atoms with E-state index in [0.29, 0.717) is 18.0 Å². The van der Waals surface area contributed by atoms with Gasteiger partial charge in [0.25, 0.3) is 0 Å². The molecule has 5 rings (SSSR count). The smallest absolute Gasteiger partial charge is 0.223 e. The fourth-order valence-electron chi connectivity index (χ4n) is 5.69. The zero-order chi connectivity index (χ0) is 28.2. The molecule has 1 fully saturated rings. The van der Waals surface area contributed by atoms with Crippen molar-refractivity contribution in [1.82, 2.24) is 19.7 Å². The van der Waals surface area contributed by atoms with Gasteiger partial charge in [-0.2, -0.15) is 5.10 Å². The minimum Gasteiger partial charge on any atom is -0.493 e. The van der Waals surface area contributed by atoms with Crippen LogP contribution >= 0.6 is 0 Å². The average Bonchev–Trinajstić information content (AvgIpc) is 3.50. The van der Waals surface area contributed by atoms with E-state index in [1.54, 1.807) is 14.2 Å². The van der Waals surface area contributed by atoms with Crippen molar-refractivity contribution in [3.63, 3.8) is 0 Å². The molecule has 0 radical (unpaired) electrons. The van der Waals surface area contributed by atoms with Gasteiger partial charge < -0.3 is 24.3 Å². The largest absolute Gasteiger partial charge is 0.493 e. The number of para-hydroxylation sites is 1. The zero-order valence-electron chi connectivity index (χ0n) is 24.1. The lowest BCUT2D eigenvalue weighted by molar-refractivity contribution is -0.125. The van der Waals surface area contributed by atoms with Crippen LogP contribution in [0.5, 0.6) is 11.5 Å². The van der Waals surface area contributed by atoms with Gasteiger partial charge in [-0.1, -0.05) is 24.3 Å². The van der Waals surface area contributed by atoms with Crippen LogP contribution in [0.1, 0.15) is 35.5 Å². The van der Waals surface area contributed by atoms with Crippen LogP contribution in [0.3, 0.4) is 0 Å². The number of piperidine rings is 1. The highest BCUT2D eigenvalue weighted by Crippen LogP contribution is 2.35. The van der Waals surface area contributed by atoms with Crippen LogP contribution in [0.4, 0.5) is 5.82 Å². The molecular formula is C32H39N5O3. The van der Waals surface area contributed by atoms with Crippen LogP contribution in [0.15, 0.2) is 60.7 Å². The highest BCUT2D eigenvalue weighted by molar-refractivity contribution is 5.79. The molecule has 1 aliphatic rings. The number of nitrogens with zero attached hydrogens (tertiary/aromatic N) is 4. The van der Waals surface area contributed by atoms with Crippen molar-refractivity contribution in [2.24, 2.45) is 5.92 Å². The summed E-state index contributed by atoms with van der Waals surface area (Å²) in [7, 11) is 3.26. The molecule has 1 aliphatic heterocycles. The Morgan fingerprint density at radius 2 is 1.60 bits per heavy atom. The molecule has 1 saturated heterocycles. The Bertz CT molecular complexity index is 1450. The number of methoxy groups -OCH3 is 2. The molecule has 0 bridgehead atoms. The molecule has 0 saturated carbocycles. The minimum atomic E-state index is -0.00523. The number of amides is 1. The van der Waals surface area contributed by atoms with Crippen molar-refractivity contribution in [2.75, 3.05) is 38.8 Å². The second-order valence-electron chi connectivity index (χ2n) is 10.4. The second-order valence-corrected chi connectivity index (χ2v) is 10.4. The number of carbonyl (C=O) groups excluding carboxylic acids is 1. The Hall–Kier alpha value is -4.20. The topological polar surface area (TPSA) is 73.5 Å². The van der Waals surface area contributed by atoms with Crippen molar-refractivity contribution in [3.8, 4) is 22.9 Å². The lowest BCUT2D eigenvalue weighted by atomic mass is 9.95. The van der Waals surface area contributed by atoms with Crippen LogP contribution < -0.4 is 19.7 Å². The Balaban J connectivity index is 1.29. The van der Waals surface area contributed by atoms with Crippen LogP contribution in [-0.2, 0) is 11.2 Å². The normalized spacial score (nSPS) is 13.9. The maximum atomic E-state index is 13.1. The van der Waals surface area contributed by atoms with Crippen molar-refractivity contribution in [2.45, 2.75) is 40.0 Å². The van der Waals surface area contributed by atoms with E-state index in [0.717, 1.165) is 60.8 Å². The Morgan fingerprint density at radius 1 is 0.925 bits per heavy atom. The van der Waals surface area contributed by atoms with Gasteiger partial charge in [0.15, 0.2) is 17.3 Å². The van der Waals surface area contributed by atoms with Crippen LogP contribution in [-0.4, -0.2) is 54.1 Å². The molecule has 4 aromatic rings. The maximum Gasteiger partial charge on any atom is 0.223 e. The van der Waals surface area contributed by atoms with E-state index in [4.69, 9.17) is 14.6 Å². The summed E-state index contributed by atoms with van der Waals surface area (Å²) in [5.41, 5.74) is 6.58. The molecule has 8 nitrogen and oxygen atoms in total. The summed E-state index contributed by atoms with van der Waals surface area (Å²) in [4.78, 5) is 15.5. The monoisotopic (exact) mass is 541 g/mol. The van der Waals surface area contributed by atoms with Crippen molar-refractivity contribution in [1.29, 1.82) is 0 Å². The van der Waals surface area contributed by atoms with Gasteiger partial charge in [0.05, 0.1) is 25.6 Å². The van der Waals surface area contributed by atoms with Crippen molar-refractivity contribution < 1.29 is 14.3 Å². The first-order valence-electron chi connectivity index (χ1n) is 13.9. The molecule has 0 unspecified atom stereocenters. The molecule has 210 valence electrons. The summed E-state index contributed by atoms with van der Waals surface area (Å²) in [6, 6.07) is 20.5. The second kappa shape index (κ2) is 11.9. The van der Waals surface area contributed by atoms with E-state index in [2.05, 4.69) is 64.5 Å². The van der Waals surface area contributed by atoms with Crippen LogP contribution in [0, 0.1) is 26.7 Å². The fraction of sp³-hybridized carbons (Fsp3) is 0.375. The van der Waals surface area contributed by atoms with E-state index in [9.17, 15) is 4.79 Å². The van der Waals surface area contributed by atoms with E-state index < -0.39 is 0 Å². The first-order valence-corrected chi connectivity index (χ1v) is 13.9. The molecule has 1 N–H and O–H groups in total. The predicted octanol–water partition coefficient (Wildman–Crippen LogP) is 5.18. The number of benzene rings is 2. The van der Waals surface area contributed by atoms with Gasteiger partial charge in [0.1, 0.15) is 5.69 Å². The highest BCUT2D eigenvalue weighted by Gasteiger charge is 2.30. The van der Waals surface area contributed by atoms with Gasteiger partial charge in [-0.15, -0.1) is 0 Å². The lowest BCUT2D eigenvalue weighted by Crippen LogP contribution is -2.42. The molecular weight excluding hydrogens is 502 g/mol. The third-order valence-corrected chi connectivity index (χ3v) is 7.83. The molecule has 3 heterocycles. The molecule has 0 atom stereocenters. The van der Waals surface area contributed by atoms with Gasteiger partial charge in [-0.3, -0.25) is 4.79 Å². The standard InChI is InChI=1S/C32H39N5O3/c1-22-11-12-23(2)36(22)30-24(3)34-37(27-9-7-6-8-10-27)32(30)35-19-16-26(17-20-35)31(38)33-18-15-25-13-14-28(39-4)29(21-25)40-5/h6-14,21,26H,15-20H2,1-5H3,(H,33,38). The van der Waals surface area contributed by atoms with E-state index in [1.807, 2.05) is 36.4 Å². The number of aryl methyl sites for hydroxylation is 3. The van der Waals surface area contributed by atoms with Gasteiger partial charge in [-0.05, 0) is 82.0 Å². The quantitative estimate of drug-likeness (QED) is 0.316. The van der Waals surface area contributed by atoms with Gasteiger partial charge in [-0.25, -0.2) is 4.68 Å². The highest BCUT2D eigenvalue weighted by atomic mass is 16.5. The molecule has 0 aliphatic carbocycles. The summed E-state index contributed by atoms with van der Waals surface area (Å²) < 4.78 is 15.1. The third kappa shape index (κ3) is 5.43. The van der Waals surface area contributed by atoms with Gasteiger partial charge >= 0.3 is 0 Å². The molecule has 2 aromatic heterocycles. The van der Waals surface area contributed by atoms with Crippen molar-refractivity contribution in [3.05, 3.63) is 83.3 Å². The van der Waals surface area contributed by atoms with Gasteiger partial charge in [0, 0.05) is 36.9 Å². The van der Waals surface area contributed by atoms with E-state index >= 15 is 0 Å². The third-order valence-electron chi connectivity index (χ3n) is 7.83. The summed E-state index contributed by atoms with van der Waals surface area (Å²) in [6.45, 7) is 8.51. The number of carbonyl (C=O) groups is 1. The number of ether oxygens (including phenoxy) is 2. The number of aromatic nitrogens is 3. The average molecular weight is 542 g/mol. The Kier molecular flexibility index (Phi) is 8.14. The minimum absolute atomic E-state index is 0.00523. The molecule has 40 heavy (non-hydrogen) atoms. The SMILES string of the molecule is COc1ccc(CCNC(=O)C2CCN(c3c(-n4c(C)ccc4C)c(C)nn3-c3ccccc3)CC2)cc1OC. The lowest BCUT2D eigenvalue weighted by Gasteiger charge is -2.34. The van der Waals surface area contributed by atoms with E-state index in [1.165, 1.54) is 11.4 Å². The number of hydrogen-bond donors (Lipinski definition) is 1. The number of rotatable bonds is 9. The molecule has 1 amide bonds. The first kappa shape index (κ1) is 27.4. The number of hydrogen-bond acceptors (Lipinski definition) is 5. The summed E-state index contributed by atoms with van der Waals surface area (Å²) in [6.07, 6.45) is 2.33. The molecule has 2 aromatic carbocycles. The van der Waals surface area contributed by atoms with Gasteiger partial charge in [0.2, 0.25) is 5.91 Å². The number of nitrogens with one attached hydrogen (secondary N) is 1. The summed E-state index contributed by atoms with van der Waals surface area (Å²) >= 11 is 0. The van der Waals surface area contributed by atoms with E-state index in [-0.39, 0.29) is 11.8 Å².